The normalized spacial score (nSPS) is 29.8. The molecule has 0 unspecified atom stereocenters. The van der Waals surface area contributed by atoms with Crippen LogP contribution in [0.5, 0.6) is 0 Å². The molecular weight excluding hydrogens is 323 g/mol. The molecule has 3 rings (SSSR count). The monoisotopic (exact) mass is 333 g/mol. The molecule has 4 atom stereocenters. The van der Waals surface area contributed by atoms with Gasteiger partial charge in [0.25, 0.3) is 0 Å². The third-order valence-corrected chi connectivity index (χ3v) is 4.29. The van der Waals surface area contributed by atoms with E-state index in [1.807, 2.05) is 6.08 Å². The van der Waals surface area contributed by atoms with Gasteiger partial charge in [-0.2, -0.15) is 13.2 Å². The summed E-state index contributed by atoms with van der Waals surface area (Å²) in [6, 6.07) is -0.653. The van der Waals surface area contributed by atoms with Gasteiger partial charge in [0.15, 0.2) is 0 Å². The Hall–Kier alpha value is -1.83. The Morgan fingerprint density at radius 3 is 2.68 bits per heavy atom. The lowest BCUT2D eigenvalue weighted by molar-refractivity contribution is -0.142. The van der Waals surface area contributed by atoms with Crippen LogP contribution in [-0.2, 0) is 11.0 Å². The highest BCUT2D eigenvalue weighted by atomic mass is 35.5. The van der Waals surface area contributed by atoms with Crippen LogP contribution in [0.25, 0.3) is 0 Å². The predicted molar refractivity (Wildman–Crippen MR) is 71.3 cm³/mol. The number of nitrogens with one attached hydrogen (secondary N) is 1. The molecule has 2 aliphatic rings. The summed E-state index contributed by atoms with van der Waals surface area (Å²) in [7, 11) is 0. The van der Waals surface area contributed by atoms with E-state index >= 15 is 0 Å². The molecule has 0 saturated heterocycles. The summed E-state index contributed by atoms with van der Waals surface area (Å²) in [5.41, 5.74) is -1.06. The number of aliphatic carboxylic acids is 1. The lowest BCUT2D eigenvalue weighted by Gasteiger charge is -2.27. The molecule has 2 aliphatic carbocycles. The van der Waals surface area contributed by atoms with Gasteiger partial charge in [0.1, 0.15) is 11.4 Å². The van der Waals surface area contributed by atoms with E-state index in [1.165, 1.54) is 0 Å². The topological polar surface area (TPSA) is 75.1 Å². The van der Waals surface area contributed by atoms with Crippen molar-refractivity contribution in [3.8, 4) is 0 Å². The van der Waals surface area contributed by atoms with Crippen LogP contribution in [0.2, 0.25) is 5.28 Å². The number of anilines is 1. The van der Waals surface area contributed by atoms with Gasteiger partial charge in [-0.1, -0.05) is 12.2 Å². The van der Waals surface area contributed by atoms with Crippen molar-refractivity contribution in [3.63, 3.8) is 0 Å². The summed E-state index contributed by atoms with van der Waals surface area (Å²) in [4.78, 5) is 18.3. The molecule has 1 aromatic rings. The Labute approximate surface area is 128 Å². The highest BCUT2D eigenvalue weighted by Crippen LogP contribution is 2.46. The molecule has 0 radical (unpaired) electrons. The van der Waals surface area contributed by atoms with Crippen molar-refractivity contribution in [2.24, 2.45) is 17.8 Å². The van der Waals surface area contributed by atoms with E-state index < -0.39 is 35.5 Å². The summed E-state index contributed by atoms with van der Waals surface area (Å²) in [6.45, 7) is 0. The zero-order valence-electron chi connectivity index (χ0n) is 11.0. The Morgan fingerprint density at radius 2 is 2.05 bits per heavy atom. The standard InChI is InChI=1S/C13H11ClF3N3O2/c14-12-18-4-7(13(15,16)17)10(20-12)19-9-6-2-1-5(3-6)8(9)11(21)22/h1-2,4-6,8-9H,3H2,(H,21,22)(H,18,19,20)/t5-,6+,8+,9-/m1/s1. The minimum atomic E-state index is -4.65. The molecule has 22 heavy (non-hydrogen) atoms. The van der Waals surface area contributed by atoms with E-state index in [0.29, 0.717) is 12.6 Å². The van der Waals surface area contributed by atoms with Gasteiger partial charge in [-0.05, 0) is 29.9 Å². The molecule has 1 heterocycles. The lowest BCUT2D eigenvalue weighted by Crippen LogP contribution is -2.38. The van der Waals surface area contributed by atoms with E-state index in [0.717, 1.165) is 0 Å². The summed E-state index contributed by atoms with van der Waals surface area (Å²) in [6.07, 6.45) is 0.182. The fraction of sp³-hybridized carbons (Fsp3) is 0.462. The number of halogens is 4. The maximum absolute atomic E-state index is 13.0. The van der Waals surface area contributed by atoms with E-state index in [4.69, 9.17) is 11.6 Å². The number of nitrogens with zero attached hydrogens (tertiary/aromatic N) is 2. The number of fused-ring (bicyclic) bond motifs is 2. The van der Waals surface area contributed by atoms with Gasteiger partial charge in [0.05, 0.1) is 5.92 Å². The number of allylic oxidation sites excluding steroid dienone is 1. The van der Waals surface area contributed by atoms with E-state index in [-0.39, 0.29) is 17.1 Å². The number of hydrogen-bond acceptors (Lipinski definition) is 4. The van der Waals surface area contributed by atoms with Crippen LogP contribution in [0.1, 0.15) is 12.0 Å². The number of carboxylic acid groups (broad SMARTS) is 1. The third-order valence-electron chi connectivity index (χ3n) is 4.11. The fourth-order valence-corrected chi connectivity index (χ4v) is 3.32. The van der Waals surface area contributed by atoms with Crippen molar-refractivity contribution in [2.45, 2.75) is 18.6 Å². The Balaban J connectivity index is 1.95. The summed E-state index contributed by atoms with van der Waals surface area (Å²) in [5, 5.41) is 11.6. The van der Waals surface area contributed by atoms with Crippen molar-refractivity contribution < 1.29 is 23.1 Å². The Bertz CT molecular complexity index is 650. The smallest absolute Gasteiger partial charge is 0.421 e. The summed E-state index contributed by atoms with van der Waals surface area (Å²) in [5.74, 6) is -2.62. The molecule has 1 aromatic heterocycles. The zero-order valence-corrected chi connectivity index (χ0v) is 11.8. The highest BCUT2D eigenvalue weighted by molar-refractivity contribution is 6.28. The van der Waals surface area contributed by atoms with Crippen molar-refractivity contribution in [1.29, 1.82) is 0 Å². The van der Waals surface area contributed by atoms with Crippen LogP contribution in [-0.4, -0.2) is 27.1 Å². The van der Waals surface area contributed by atoms with Crippen molar-refractivity contribution in [3.05, 3.63) is 29.2 Å². The largest absolute Gasteiger partial charge is 0.481 e. The minimum absolute atomic E-state index is 0.138. The molecule has 1 fully saturated rings. The number of carbonyl (C=O) groups is 1. The van der Waals surface area contributed by atoms with Crippen molar-refractivity contribution in [1.82, 2.24) is 9.97 Å². The maximum atomic E-state index is 13.0. The summed E-state index contributed by atoms with van der Waals surface area (Å²) < 4.78 is 39.0. The second-order valence-electron chi connectivity index (χ2n) is 5.38. The number of alkyl halides is 3. The lowest BCUT2D eigenvalue weighted by atomic mass is 9.89. The first-order chi connectivity index (χ1) is 10.3. The molecule has 1 saturated carbocycles. The Kier molecular flexibility index (Phi) is 3.51. The van der Waals surface area contributed by atoms with E-state index in [9.17, 15) is 23.1 Å². The number of carboxylic acids is 1. The van der Waals surface area contributed by atoms with Crippen LogP contribution in [0.15, 0.2) is 18.3 Å². The number of aromatic nitrogens is 2. The average molecular weight is 334 g/mol. The van der Waals surface area contributed by atoms with Crippen molar-refractivity contribution >= 4 is 23.4 Å². The molecule has 2 bridgehead atoms. The van der Waals surface area contributed by atoms with Gasteiger partial charge >= 0.3 is 12.1 Å². The predicted octanol–water partition coefficient (Wildman–Crippen LogP) is 2.84. The molecule has 0 aliphatic heterocycles. The first-order valence-electron chi connectivity index (χ1n) is 6.55. The Morgan fingerprint density at radius 1 is 1.36 bits per heavy atom. The van der Waals surface area contributed by atoms with Gasteiger partial charge in [-0.25, -0.2) is 9.97 Å². The van der Waals surface area contributed by atoms with Gasteiger partial charge in [0.2, 0.25) is 5.28 Å². The molecule has 0 aromatic carbocycles. The van der Waals surface area contributed by atoms with Gasteiger partial charge in [-0.3, -0.25) is 4.79 Å². The fourth-order valence-electron chi connectivity index (χ4n) is 3.19. The molecule has 0 amide bonds. The van der Waals surface area contributed by atoms with Crippen LogP contribution < -0.4 is 5.32 Å². The molecule has 0 spiro atoms. The quantitative estimate of drug-likeness (QED) is 0.657. The molecule has 5 nitrogen and oxygen atoms in total. The maximum Gasteiger partial charge on any atom is 0.421 e. The molecule has 118 valence electrons. The second kappa shape index (κ2) is 5.12. The van der Waals surface area contributed by atoms with Crippen LogP contribution in [0.3, 0.4) is 0 Å². The SMILES string of the molecule is O=C(O)[C@@H]1[C@H](Nc2nc(Cl)ncc2C(F)(F)F)[C@H]2C=C[C@@H]1C2. The average Bonchev–Trinajstić information content (AvgIpc) is 2.97. The molecule has 2 N–H and O–H groups in total. The van der Waals surface area contributed by atoms with Gasteiger partial charge in [0, 0.05) is 12.2 Å². The third kappa shape index (κ3) is 2.51. The second-order valence-corrected chi connectivity index (χ2v) is 5.72. The zero-order chi connectivity index (χ0) is 16.1. The van der Waals surface area contributed by atoms with E-state index in [2.05, 4.69) is 15.3 Å². The van der Waals surface area contributed by atoms with Crippen molar-refractivity contribution in [2.75, 3.05) is 5.32 Å². The first kappa shape index (κ1) is 15.1. The molecule has 9 heteroatoms. The van der Waals surface area contributed by atoms with Gasteiger partial charge < -0.3 is 10.4 Å². The number of hydrogen-bond donors (Lipinski definition) is 2. The van der Waals surface area contributed by atoms with E-state index in [1.54, 1.807) is 6.08 Å². The van der Waals surface area contributed by atoms with Crippen LogP contribution >= 0.6 is 11.6 Å². The van der Waals surface area contributed by atoms with Gasteiger partial charge in [-0.15, -0.1) is 0 Å². The van der Waals surface area contributed by atoms with Crippen LogP contribution in [0.4, 0.5) is 19.0 Å². The summed E-state index contributed by atoms with van der Waals surface area (Å²) >= 11 is 5.57. The first-order valence-corrected chi connectivity index (χ1v) is 6.92. The number of rotatable bonds is 3. The highest BCUT2D eigenvalue weighted by Gasteiger charge is 2.49. The minimum Gasteiger partial charge on any atom is -0.481 e. The van der Waals surface area contributed by atoms with Crippen LogP contribution in [0, 0.1) is 17.8 Å². The molecular formula is C13H11ClF3N3O2.